The minimum atomic E-state index is -1.27. The summed E-state index contributed by atoms with van der Waals surface area (Å²) in [5.74, 6) is -3.41. The van der Waals surface area contributed by atoms with Gasteiger partial charge in [-0.25, -0.2) is 4.79 Å². The van der Waals surface area contributed by atoms with Gasteiger partial charge in [-0.15, -0.1) is 19.0 Å². The van der Waals surface area contributed by atoms with Crippen molar-refractivity contribution in [3.63, 3.8) is 0 Å². The van der Waals surface area contributed by atoms with Crippen LogP contribution in [-0.4, -0.2) is 84.5 Å². The lowest BCUT2D eigenvalue weighted by Gasteiger charge is -2.26. The van der Waals surface area contributed by atoms with E-state index < -0.39 is 53.8 Å². The number of amides is 4. The summed E-state index contributed by atoms with van der Waals surface area (Å²) >= 11 is 0. The van der Waals surface area contributed by atoms with Crippen LogP contribution in [0, 0.1) is 5.41 Å². The fourth-order valence-electron chi connectivity index (χ4n) is 4.33. The SMILES string of the molecule is C=CCOc1ccc(C[C@H](NC(C)=O)C(=O)N[C@H](CCCCN)C(=O)N[C@H](CCCNC(=N)N)C(=O)N[C@@H](CC=C)C(=O)O)cc1.Cl. The number of hydrogen-bond acceptors (Lipinski definition) is 8. The number of benzene rings is 1. The molecule has 0 aliphatic heterocycles. The summed E-state index contributed by atoms with van der Waals surface area (Å²) in [5.41, 5.74) is 11.7. The lowest BCUT2D eigenvalue weighted by molar-refractivity contribution is -0.142. The van der Waals surface area contributed by atoms with Gasteiger partial charge in [-0.1, -0.05) is 30.9 Å². The zero-order valence-electron chi connectivity index (χ0n) is 26.7. The van der Waals surface area contributed by atoms with E-state index in [2.05, 4.69) is 39.7 Å². The van der Waals surface area contributed by atoms with Crippen LogP contribution in [0.15, 0.2) is 49.6 Å². The predicted molar refractivity (Wildman–Crippen MR) is 181 cm³/mol. The number of rotatable bonds is 23. The topological polar surface area (TPSA) is 251 Å². The van der Waals surface area contributed by atoms with E-state index in [9.17, 15) is 29.1 Å². The molecule has 0 aromatic heterocycles. The number of carboxylic acids is 1. The van der Waals surface area contributed by atoms with Crippen LogP contribution in [-0.2, 0) is 30.4 Å². The number of carboxylic acid groups (broad SMARTS) is 1. The largest absolute Gasteiger partial charge is 0.490 e. The number of nitrogens with two attached hydrogens (primary N) is 2. The molecule has 0 radical (unpaired) electrons. The molecule has 0 bridgehead atoms. The summed E-state index contributed by atoms with van der Waals surface area (Å²) in [6.45, 7) is 9.31. The highest BCUT2D eigenvalue weighted by Gasteiger charge is 2.30. The molecule has 4 amide bonds. The van der Waals surface area contributed by atoms with Gasteiger partial charge in [0.05, 0.1) is 0 Å². The summed E-state index contributed by atoms with van der Waals surface area (Å²) in [6.07, 6.45) is 4.64. The highest BCUT2D eigenvalue weighted by Crippen LogP contribution is 2.14. The first-order chi connectivity index (χ1) is 21.9. The summed E-state index contributed by atoms with van der Waals surface area (Å²) in [7, 11) is 0. The molecule has 4 atom stereocenters. The molecule has 47 heavy (non-hydrogen) atoms. The van der Waals surface area contributed by atoms with E-state index in [1.54, 1.807) is 30.3 Å². The fourth-order valence-corrected chi connectivity index (χ4v) is 4.33. The van der Waals surface area contributed by atoms with Crippen LogP contribution in [0.3, 0.4) is 0 Å². The number of aliphatic carboxylic acids is 1. The van der Waals surface area contributed by atoms with Gasteiger partial charge < -0.3 is 47.9 Å². The van der Waals surface area contributed by atoms with E-state index in [1.165, 1.54) is 13.0 Å². The summed E-state index contributed by atoms with van der Waals surface area (Å²) in [5, 5.41) is 29.8. The molecule has 0 unspecified atom stereocenters. The quantitative estimate of drug-likeness (QED) is 0.0329. The van der Waals surface area contributed by atoms with Crippen molar-refractivity contribution in [2.75, 3.05) is 19.7 Å². The maximum atomic E-state index is 13.6. The van der Waals surface area contributed by atoms with Crippen LogP contribution < -0.4 is 42.8 Å². The zero-order valence-corrected chi connectivity index (χ0v) is 27.5. The van der Waals surface area contributed by atoms with E-state index in [4.69, 9.17) is 21.6 Å². The van der Waals surface area contributed by atoms with Gasteiger partial charge in [0.25, 0.3) is 0 Å². The van der Waals surface area contributed by atoms with Gasteiger partial charge >= 0.3 is 5.97 Å². The van der Waals surface area contributed by atoms with E-state index in [0.29, 0.717) is 38.2 Å². The molecule has 11 N–H and O–H groups in total. The number of hydrogen-bond donors (Lipinski definition) is 9. The number of nitrogens with one attached hydrogen (secondary N) is 6. The Labute approximate surface area is 281 Å². The molecule has 0 saturated heterocycles. The maximum absolute atomic E-state index is 13.6. The average Bonchev–Trinajstić information content (AvgIpc) is 3.00. The van der Waals surface area contributed by atoms with Crippen molar-refractivity contribution in [2.24, 2.45) is 11.5 Å². The van der Waals surface area contributed by atoms with Crippen molar-refractivity contribution in [2.45, 2.75) is 76.0 Å². The molecule has 0 heterocycles. The Morgan fingerprint density at radius 2 is 1.43 bits per heavy atom. The van der Waals surface area contributed by atoms with Crippen LogP contribution in [0.5, 0.6) is 5.75 Å². The molecule has 0 aliphatic rings. The minimum absolute atomic E-state index is 0. The smallest absolute Gasteiger partial charge is 0.326 e. The zero-order chi connectivity index (χ0) is 34.5. The predicted octanol–water partition coefficient (Wildman–Crippen LogP) is 0.228. The van der Waals surface area contributed by atoms with Gasteiger partial charge in [-0.05, 0) is 62.8 Å². The van der Waals surface area contributed by atoms with Gasteiger partial charge in [0.2, 0.25) is 23.6 Å². The molecular weight excluding hydrogens is 632 g/mol. The third-order valence-electron chi connectivity index (χ3n) is 6.64. The number of halogens is 1. The highest BCUT2D eigenvalue weighted by molar-refractivity contribution is 5.95. The van der Waals surface area contributed by atoms with Gasteiger partial charge in [0.1, 0.15) is 36.5 Å². The lowest BCUT2D eigenvalue weighted by Crippen LogP contribution is -2.58. The number of unbranched alkanes of at least 4 members (excludes halogenated alkanes) is 1. The van der Waals surface area contributed by atoms with Gasteiger partial charge in [0.15, 0.2) is 5.96 Å². The summed E-state index contributed by atoms with van der Waals surface area (Å²) in [4.78, 5) is 63.8. The normalized spacial score (nSPS) is 12.8. The third kappa shape index (κ3) is 17.6. The molecule has 0 aliphatic carbocycles. The van der Waals surface area contributed by atoms with Crippen LogP contribution in [0.25, 0.3) is 0 Å². The number of carbonyl (C=O) groups is 5. The molecule has 1 rings (SSSR count). The van der Waals surface area contributed by atoms with Gasteiger partial charge in [-0.2, -0.15) is 0 Å². The molecule has 1 aromatic carbocycles. The van der Waals surface area contributed by atoms with Crippen molar-refractivity contribution in [1.82, 2.24) is 26.6 Å². The Morgan fingerprint density at radius 3 is 1.91 bits per heavy atom. The molecule has 0 saturated carbocycles. The van der Waals surface area contributed by atoms with E-state index in [1.807, 2.05) is 0 Å². The molecule has 0 spiro atoms. The van der Waals surface area contributed by atoms with E-state index in [0.717, 1.165) is 5.56 Å². The fraction of sp³-hybridized carbons (Fsp3) is 0.484. The van der Waals surface area contributed by atoms with E-state index >= 15 is 0 Å². The van der Waals surface area contributed by atoms with Gasteiger partial charge in [-0.3, -0.25) is 24.6 Å². The standard InChI is InChI=1S/C31H48N8O7.ClH/c1-4-9-25(30(44)45)39-28(42)24(11-8-17-35-31(33)34)37-27(41)23(10-6-7-16-32)38-29(43)26(36-20(3)40)19-21-12-14-22(15-13-21)46-18-5-2;/h4-5,12-15,23-26H,1-2,6-11,16-19,32H2,3H3,(H,36,40)(H,37,41)(H,38,43)(H,39,42)(H,44,45)(H4,33,34,35);1H/t23-,24-,25+,26+;/m1./s1. The van der Waals surface area contributed by atoms with Crippen LogP contribution in [0.4, 0.5) is 0 Å². The Kier molecular flexibility index (Phi) is 21.3. The van der Waals surface area contributed by atoms with Crippen molar-refractivity contribution in [3.8, 4) is 5.75 Å². The third-order valence-corrected chi connectivity index (χ3v) is 6.64. The second-order valence-electron chi connectivity index (χ2n) is 10.5. The molecule has 0 fully saturated rings. The second-order valence-corrected chi connectivity index (χ2v) is 10.5. The first-order valence-electron chi connectivity index (χ1n) is 15.0. The lowest BCUT2D eigenvalue weighted by atomic mass is 10.0. The van der Waals surface area contributed by atoms with Crippen molar-refractivity contribution < 1.29 is 33.8 Å². The first kappa shape index (κ1) is 42.4. The van der Waals surface area contributed by atoms with Crippen LogP contribution in [0.2, 0.25) is 0 Å². The number of ether oxygens (including phenoxy) is 1. The van der Waals surface area contributed by atoms with Gasteiger partial charge in [0, 0.05) is 19.9 Å². The molecular formula is C31H49ClN8O7. The van der Waals surface area contributed by atoms with Crippen molar-refractivity contribution in [1.29, 1.82) is 5.41 Å². The molecule has 15 nitrogen and oxygen atoms in total. The Morgan fingerprint density at radius 1 is 0.872 bits per heavy atom. The average molecular weight is 681 g/mol. The highest BCUT2D eigenvalue weighted by atomic mass is 35.5. The van der Waals surface area contributed by atoms with Crippen LogP contribution in [0.1, 0.15) is 51.0 Å². The monoisotopic (exact) mass is 680 g/mol. The van der Waals surface area contributed by atoms with Crippen molar-refractivity contribution in [3.05, 3.63) is 55.1 Å². The summed E-state index contributed by atoms with van der Waals surface area (Å²) < 4.78 is 5.49. The number of guanidine groups is 1. The Hall–Kier alpha value is -4.63. The maximum Gasteiger partial charge on any atom is 0.326 e. The minimum Gasteiger partial charge on any atom is -0.490 e. The summed E-state index contributed by atoms with van der Waals surface area (Å²) in [6, 6.07) is 2.42. The molecule has 262 valence electrons. The van der Waals surface area contributed by atoms with E-state index in [-0.39, 0.29) is 50.6 Å². The molecule has 16 heteroatoms. The Balaban J connectivity index is 0.0000212. The Bertz CT molecular complexity index is 1200. The first-order valence-corrected chi connectivity index (χ1v) is 15.0. The molecule has 1 aromatic rings. The van der Waals surface area contributed by atoms with Crippen molar-refractivity contribution >= 4 is 48.0 Å². The van der Waals surface area contributed by atoms with Crippen LogP contribution >= 0.6 is 12.4 Å². The second kappa shape index (κ2) is 23.7. The number of carbonyl (C=O) groups excluding carboxylic acids is 4.